The highest BCUT2D eigenvalue weighted by Crippen LogP contribution is 2.33. The van der Waals surface area contributed by atoms with Gasteiger partial charge >= 0.3 is 0 Å². The van der Waals surface area contributed by atoms with Crippen LogP contribution < -0.4 is 10.0 Å². The fourth-order valence-corrected chi connectivity index (χ4v) is 3.84. The van der Waals surface area contributed by atoms with Gasteiger partial charge in [-0.05, 0) is 34.8 Å². The van der Waals surface area contributed by atoms with Crippen molar-refractivity contribution >= 4 is 27.4 Å². The zero-order valence-corrected chi connectivity index (χ0v) is 17.5. The normalized spacial score (nSPS) is 14.6. The molecule has 0 aliphatic heterocycles. The third-order valence-corrected chi connectivity index (χ3v) is 5.35. The van der Waals surface area contributed by atoms with Crippen molar-refractivity contribution < 1.29 is 9.94 Å². The van der Waals surface area contributed by atoms with E-state index in [1.54, 1.807) is 18.6 Å². The SMILES string of the molecule is CC.O[n+]1cccc(CNc2cc(C3CCCCC3)nc3c(Br)cnn23)c1. The van der Waals surface area contributed by atoms with Gasteiger partial charge in [0.05, 0.1) is 10.7 Å². The first kappa shape index (κ1) is 19.6. The Balaban J connectivity index is 0.00000102. The van der Waals surface area contributed by atoms with Crippen LogP contribution in [0.25, 0.3) is 5.65 Å². The molecule has 0 aromatic carbocycles. The van der Waals surface area contributed by atoms with Crippen LogP contribution in [-0.2, 0) is 6.54 Å². The number of halogens is 1. The van der Waals surface area contributed by atoms with Crippen LogP contribution >= 0.6 is 15.9 Å². The van der Waals surface area contributed by atoms with E-state index >= 15 is 0 Å². The Bertz CT molecular complexity index is 889. The van der Waals surface area contributed by atoms with Crippen molar-refractivity contribution in [2.75, 3.05) is 5.32 Å². The monoisotopic (exact) mass is 432 g/mol. The number of fused-ring (bicyclic) bond motifs is 1. The number of pyridine rings is 1. The summed E-state index contributed by atoms with van der Waals surface area (Å²) in [5.41, 5.74) is 2.97. The van der Waals surface area contributed by atoms with Gasteiger partial charge in [0.25, 0.3) is 0 Å². The van der Waals surface area contributed by atoms with E-state index in [4.69, 9.17) is 4.98 Å². The number of nitrogens with one attached hydrogen (secondary N) is 1. The maximum Gasteiger partial charge on any atom is 0.227 e. The van der Waals surface area contributed by atoms with Gasteiger partial charge in [0.15, 0.2) is 5.65 Å². The minimum absolute atomic E-state index is 0.525. The molecule has 144 valence electrons. The summed E-state index contributed by atoms with van der Waals surface area (Å²) >= 11 is 3.55. The Morgan fingerprint density at radius 1 is 1.30 bits per heavy atom. The lowest BCUT2D eigenvalue weighted by Crippen LogP contribution is -2.29. The maximum atomic E-state index is 9.55. The van der Waals surface area contributed by atoms with Gasteiger partial charge in [0.1, 0.15) is 5.82 Å². The number of aromatic nitrogens is 4. The molecule has 4 rings (SSSR count). The highest BCUT2D eigenvalue weighted by Gasteiger charge is 2.20. The zero-order valence-electron chi connectivity index (χ0n) is 15.9. The fraction of sp³-hybridized carbons (Fsp3) is 0.450. The minimum atomic E-state index is 0.525. The number of anilines is 1. The minimum Gasteiger partial charge on any atom is -0.366 e. The first-order valence-corrected chi connectivity index (χ1v) is 10.5. The van der Waals surface area contributed by atoms with Crippen molar-refractivity contribution in [2.45, 2.75) is 58.4 Å². The second-order valence-electron chi connectivity index (χ2n) is 6.57. The van der Waals surface area contributed by atoms with Crippen LogP contribution in [0.15, 0.2) is 41.3 Å². The molecule has 6 nitrogen and oxygen atoms in total. The molecule has 0 amide bonds. The van der Waals surface area contributed by atoms with E-state index in [9.17, 15) is 5.21 Å². The van der Waals surface area contributed by atoms with E-state index in [-0.39, 0.29) is 0 Å². The van der Waals surface area contributed by atoms with Crippen molar-refractivity contribution in [3.8, 4) is 0 Å². The molecule has 1 aliphatic carbocycles. The van der Waals surface area contributed by atoms with Crippen LogP contribution in [0.5, 0.6) is 0 Å². The lowest BCUT2D eigenvalue weighted by atomic mass is 9.87. The molecule has 7 heteroatoms. The van der Waals surface area contributed by atoms with Crippen LogP contribution in [0, 0.1) is 0 Å². The summed E-state index contributed by atoms with van der Waals surface area (Å²) in [6, 6.07) is 5.91. The molecule has 3 aromatic rings. The molecule has 1 aliphatic rings. The lowest BCUT2D eigenvalue weighted by molar-refractivity contribution is -0.905. The van der Waals surface area contributed by atoms with Crippen LogP contribution in [0.4, 0.5) is 5.82 Å². The predicted octanol–water partition coefficient (Wildman–Crippen LogP) is 4.70. The van der Waals surface area contributed by atoms with E-state index in [2.05, 4.69) is 32.4 Å². The molecular weight excluding hydrogens is 406 g/mol. The Labute approximate surface area is 168 Å². The predicted molar refractivity (Wildman–Crippen MR) is 109 cm³/mol. The summed E-state index contributed by atoms with van der Waals surface area (Å²) < 4.78 is 3.80. The van der Waals surface area contributed by atoms with E-state index in [0.717, 1.165) is 31.9 Å². The van der Waals surface area contributed by atoms with Gasteiger partial charge in [0, 0.05) is 40.6 Å². The molecule has 0 spiro atoms. The van der Waals surface area contributed by atoms with Gasteiger partial charge in [-0.15, -0.1) is 0 Å². The number of rotatable bonds is 4. The Morgan fingerprint density at radius 3 is 2.81 bits per heavy atom. The maximum absolute atomic E-state index is 9.55. The first-order chi connectivity index (χ1) is 13.2. The third-order valence-electron chi connectivity index (χ3n) is 4.79. The van der Waals surface area contributed by atoms with E-state index < -0.39 is 0 Å². The van der Waals surface area contributed by atoms with Crippen molar-refractivity contribution in [3.63, 3.8) is 0 Å². The first-order valence-electron chi connectivity index (χ1n) is 9.68. The van der Waals surface area contributed by atoms with Gasteiger partial charge in [-0.25, -0.2) is 4.98 Å². The summed E-state index contributed by atoms with van der Waals surface area (Å²) in [6.45, 7) is 4.60. The molecule has 0 atom stereocenters. The molecule has 1 saturated carbocycles. The van der Waals surface area contributed by atoms with Gasteiger partial charge < -0.3 is 5.32 Å². The van der Waals surface area contributed by atoms with Gasteiger partial charge in [0.2, 0.25) is 12.4 Å². The van der Waals surface area contributed by atoms with Gasteiger partial charge in [-0.2, -0.15) is 9.61 Å². The van der Waals surface area contributed by atoms with Crippen LogP contribution in [-0.4, -0.2) is 19.8 Å². The van der Waals surface area contributed by atoms with E-state index in [1.165, 1.54) is 32.1 Å². The van der Waals surface area contributed by atoms with Crippen LogP contribution in [0.2, 0.25) is 0 Å². The molecule has 3 aromatic heterocycles. The summed E-state index contributed by atoms with van der Waals surface area (Å²) in [5.74, 6) is 1.45. The Kier molecular flexibility index (Phi) is 6.66. The van der Waals surface area contributed by atoms with Crippen LogP contribution in [0.1, 0.15) is 63.1 Å². The quantitative estimate of drug-likeness (QED) is 0.462. The highest BCUT2D eigenvalue weighted by atomic mass is 79.9. The van der Waals surface area contributed by atoms with Crippen molar-refractivity contribution in [1.29, 1.82) is 0 Å². The molecule has 2 N–H and O–H groups in total. The largest absolute Gasteiger partial charge is 0.366 e. The zero-order chi connectivity index (χ0) is 19.2. The molecule has 0 saturated heterocycles. The average molecular weight is 433 g/mol. The fourth-order valence-electron chi connectivity index (χ4n) is 3.50. The third kappa shape index (κ3) is 4.58. The number of hydrogen-bond donors (Lipinski definition) is 2. The molecule has 27 heavy (non-hydrogen) atoms. The molecule has 1 fully saturated rings. The molecule has 0 bridgehead atoms. The Morgan fingerprint density at radius 2 is 2.07 bits per heavy atom. The molecule has 0 radical (unpaired) electrons. The average Bonchev–Trinajstić information content (AvgIpc) is 3.09. The van der Waals surface area contributed by atoms with Gasteiger partial charge in [-0.3, -0.25) is 5.21 Å². The standard InChI is InChI=1S/C18H21BrN5O.C2H6/c19-15-11-21-24-17(20-10-13-5-4-8-23(25)12-13)9-16(22-18(15)24)14-6-2-1-3-7-14;1-2/h4-5,8-9,11-12,14,20,25H,1-3,6-7,10H2;1-2H3/q+1;. The summed E-state index contributed by atoms with van der Waals surface area (Å²) in [7, 11) is 0. The Hall–Kier alpha value is -2.15. The molecular formula is C20H27BrN5O+. The summed E-state index contributed by atoms with van der Waals surface area (Å²) in [4.78, 5) is 4.86. The number of nitrogens with zero attached hydrogens (tertiary/aromatic N) is 4. The topological polar surface area (TPSA) is 66.3 Å². The van der Waals surface area contributed by atoms with E-state index in [1.807, 2.05) is 30.5 Å². The van der Waals surface area contributed by atoms with Crippen molar-refractivity contribution in [1.82, 2.24) is 14.6 Å². The van der Waals surface area contributed by atoms with E-state index in [0.29, 0.717) is 12.5 Å². The molecule has 3 heterocycles. The van der Waals surface area contributed by atoms with Crippen LogP contribution in [0.3, 0.4) is 0 Å². The lowest BCUT2D eigenvalue weighted by Gasteiger charge is -2.22. The highest BCUT2D eigenvalue weighted by molar-refractivity contribution is 9.10. The molecule has 0 unspecified atom stereocenters. The van der Waals surface area contributed by atoms with Crippen molar-refractivity contribution in [2.24, 2.45) is 0 Å². The van der Waals surface area contributed by atoms with Crippen molar-refractivity contribution in [3.05, 3.63) is 52.5 Å². The smallest absolute Gasteiger partial charge is 0.227 e. The summed E-state index contributed by atoms with van der Waals surface area (Å²) in [6.07, 6.45) is 11.4. The summed E-state index contributed by atoms with van der Waals surface area (Å²) in [5, 5.41) is 17.4. The second kappa shape index (κ2) is 9.17. The second-order valence-corrected chi connectivity index (χ2v) is 7.43. The number of hydrogen-bond acceptors (Lipinski definition) is 4. The van der Waals surface area contributed by atoms with Gasteiger partial charge in [-0.1, -0.05) is 33.1 Å².